The summed E-state index contributed by atoms with van der Waals surface area (Å²) in [5.74, 6) is 0.294. The Bertz CT molecular complexity index is 899. The molecule has 1 amide bonds. The van der Waals surface area contributed by atoms with Gasteiger partial charge in [-0.3, -0.25) is 4.79 Å². The van der Waals surface area contributed by atoms with Crippen LogP contribution in [0.15, 0.2) is 24.3 Å². The molecule has 0 N–H and O–H groups in total. The van der Waals surface area contributed by atoms with Gasteiger partial charge in [-0.2, -0.15) is 0 Å². The lowest BCUT2D eigenvalue weighted by Gasteiger charge is -2.41. The zero-order valence-corrected chi connectivity index (χ0v) is 15.3. The smallest absolute Gasteiger partial charge is 0.235 e. The minimum Gasteiger partial charge on any atom is -0.342 e. The molecule has 1 saturated carbocycles. The summed E-state index contributed by atoms with van der Waals surface area (Å²) in [5, 5.41) is 0. The van der Waals surface area contributed by atoms with E-state index in [0.717, 1.165) is 61.2 Å². The van der Waals surface area contributed by atoms with Gasteiger partial charge >= 0.3 is 0 Å². The lowest BCUT2D eigenvalue weighted by atomic mass is 9.63. The van der Waals surface area contributed by atoms with Gasteiger partial charge in [-0.25, -0.2) is 9.97 Å². The van der Waals surface area contributed by atoms with Crippen LogP contribution in [0, 0.1) is 5.41 Å². The second-order valence-electron chi connectivity index (χ2n) is 8.77. The molecule has 2 heterocycles. The number of carbonyl (C=O) groups excluding carboxylic acids is 1. The number of rotatable bonds is 1. The number of carbonyl (C=O) groups is 1. The zero-order chi connectivity index (χ0) is 17.4. The van der Waals surface area contributed by atoms with E-state index in [9.17, 15) is 4.79 Å². The quantitative estimate of drug-likeness (QED) is 0.800. The van der Waals surface area contributed by atoms with Gasteiger partial charge in [-0.15, -0.1) is 0 Å². The maximum absolute atomic E-state index is 13.7. The van der Waals surface area contributed by atoms with Crippen LogP contribution in [0.4, 0.5) is 0 Å². The minimum absolute atomic E-state index is 0.0885. The van der Waals surface area contributed by atoms with Gasteiger partial charge in [0.1, 0.15) is 0 Å². The zero-order valence-electron chi connectivity index (χ0n) is 15.3. The van der Waals surface area contributed by atoms with Gasteiger partial charge in [0.25, 0.3) is 0 Å². The number of nitrogens with zero attached hydrogens (tertiary/aromatic N) is 3. The van der Waals surface area contributed by atoms with Crippen LogP contribution in [0.2, 0.25) is 0 Å². The molecule has 1 aliphatic heterocycles. The van der Waals surface area contributed by atoms with E-state index in [1.807, 2.05) is 24.3 Å². The monoisotopic (exact) mass is 335 g/mol. The van der Waals surface area contributed by atoms with Crippen LogP contribution >= 0.6 is 0 Å². The number of amides is 1. The summed E-state index contributed by atoms with van der Waals surface area (Å²) < 4.78 is 0. The van der Waals surface area contributed by atoms with Crippen molar-refractivity contribution < 1.29 is 4.79 Å². The van der Waals surface area contributed by atoms with E-state index in [2.05, 4.69) is 25.7 Å². The van der Waals surface area contributed by atoms with E-state index in [-0.39, 0.29) is 10.8 Å². The van der Waals surface area contributed by atoms with Crippen molar-refractivity contribution in [3.05, 3.63) is 35.7 Å². The number of para-hydroxylation sites is 2. The molecule has 0 radical (unpaired) electrons. The number of likely N-dealkylation sites (tertiary alicyclic amines) is 1. The van der Waals surface area contributed by atoms with Crippen LogP contribution < -0.4 is 0 Å². The number of hydrogen-bond donors (Lipinski definition) is 0. The predicted molar refractivity (Wildman–Crippen MR) is 97.4 cm³/mol. The summed E-state index contributed by atoms with van der Waals surface area (Å²) >= 11 is 0. The van der Waals surface area contributed by atoms with Crippen molar-refractivity contribution in [2.75, 3.05) is 13.1 Å². The molecule has 5 rings (SSSR count). The molecule has 2 fully saturated rings. The Hall–Kier alpha value is -1.97. The molecule has 4 nitrogen and oxygen atoms in total. The van der Waals surface area contributed by atoms with Crippen molar-refractivity contribution in [1.29, 1.82) is 0 Å². The third-order valence-electron chi connectivity index (χ3n) is 7.70. The highest BCUT2D eigenvalue weighted by Gasteiger charge is 2.73. The fourth-order valence-corrected chi connectivity index (χ4v) is 5.71. The second kappa shape index (κ2) is 4.60. The maximum Gasteiger partial charge on any atom is 0.235 e. The Kier molecular flexibility index (Phi) is 2.81. The first kappa shape index (κ1) is 15.3. The summed E-state index contributed by atoms with van der Waals surface area (Å²) in [6.07, 6.45) is 4.15. The standard InChI is InChI=1S/C21H25N3O/c1-19(2)20(3)10-11-21(19,18(25)24-12-6-7-13-24)17-16(20)22-14-8-4-5-9-15(14)23-17/h4-5,8-9H,6-7,10-13H2,1-3H3. The third-order valence-corrected chi connectivity index (χ3v) is 7.70. The van der Waals surface area contributed by atoms with Gasteiger partial charge in [0.15, 0.2) is 0 Å². The molecule has 2 aromatic rings. The van der Waals surface area contributed by atoms with E-state index < -0.39 is 5.41 Å². The molecule has 0 spiro atoms. The van der Waals surface area contributed by atoms with Gasteiger partial charge in [-0.1, -0.05) is 32.9 Å². The molecular weight excluding hydrogens is 310 g/mol. The normalized spacial score (nSPS) is 32.4. The van der Waals surface area contributed by atoms with E-state index in [4.69, 9.17) is 9.97 Å². The highest BCUT2D eigenvalue weighted by molar-refractivity contribution is 5.93. The predicted octanol–water partition coefficient (Wildman–Crippen LogP) is 3.58. The Morgan fingerprint density at radius 2 is 1.56 bits per heavy atom. The maximum atomic E-state index is 13.7. The first-order valence-corrected chi connectivity index (χ1v) is 9.49. The summed E-state index contributed by atoms with van der Waals surface area (Å²) in [6, 6.07) is 8.05. The Morgan fingerprint density at radius 1 is 0.960 bits per heavy atom. The third kappa shape index (κ3) is 1.57. The van der Waals surface area contributed by atoms with Crippen LogP contribution in [0.3, 0.4) is 0 Å². The van der Waals surface area contributed by atoms with E-state index >= 15 is 0 Å². The largest absolute Gasteiger partial charge is 0.342 e. The molecule has 1 aromatic carbocycles. The molecular formula is C21H25N3O. The van der Waals surface area contributed by atoms with Crippen LogP contribution in [-0.2, 0) is 15.6 Å². The average molecular weight is 335 g/mol. The van der Waals surface area contributed by atoms with Crippen LogP contribution in [0.5, 0.6) is 0 Å². The summed E-state index contributed by atoms with van der Waals surface area (Å²) in [6.45, 7) is 8.61. The molecule has 2 aliphatic carbocycles. The SMILES string of the molecule is CC12CCC(C(=O)N3CCCC3)(c3nc4ccccc4nc31)C2(C)C. The average Bonchev–Trinajstić information content (AvgIpc) is 3.24. The van der Waals surface area contributed by atoms with E-state index in [0.29, 0.717) is 5.91 Å². The fraction of sp³-hybridized carbons (Fsp3) is 0.571. The Balaban J connectivity index is 1.79. The van der Waals surface area contributed by atoms with Crippen LogP contribution in [0.25, 0.3) is 11.0 Å². The second-order valence-corrected chi connectivity index (χ2v) is 8.77. The molecule has 1 aromatic heterocycles. The number of fused-ring (bicyclic) bond motifs is 6. The molecule has 4 heteroatoms. The highest BCUT2D eigenvalue weighted by Crippen LogP contribution is 2.70. The fourth-order valence-electron chi connectivity index (χ4n) is 5.71. The van der Waals surface area contributed by atoms with Crippen molar-refractivity contribution in [2.24, 2.45) is 5.41 Å². The first-order chi connectivity index (χ1) is 11.9. The number of benzene rings is 1. The van der Waals surface area contributed by atoms with E-state index in [1.165, 1.54) is 0 Å². The lowest BCUT2D eigenvalue weighted by molar-refractivity contribution is -0.140. The molecule has 130 valence electrons. The van der Waals surface area contributed by atoms with Crippen molar-refractivity contribution in [3.8, 4) is 0 Å². The molecule has 25 heavy (non-hydrogen) atoms. The summed E-state index contributed by atoms with van der Waals surface area (Å²) in [5.41, 5.74) is 3.10. The molecule has 2 unspecified atom stereocenters. The minimum atomic E-state index is -0.515. The van der Waals surface area contributed by atoms with Gasteiger partial charge in [-0.05, 0) is 43.2 Å². The van der Waals surface area contributed by atoms with Crippen LogP contribution in [-0.4, -0.2) is 33.9 Å². The van der Waals surface area contributed by atoms with Crippen molar-refractivity contribution >= 4 is 16.9 Å². The Morgan fingerprint density at radius 3 is 2.20 bits per heavy atom. The number of hydrogen-bond acceptors (Lipinski definition) is 3. The molecule has 2 bridgehead atoms. The lowest BCUT2D eigenvalue weighted by Crippen LogP contribution is -2.52. The highest BCUT2D eigenvalue weighted by atomic mass is 16.2. The Labute approximate surface area is 148 Å². The summed E-state index contributed by atoms with van der Waals surface area (Å²) in [7, 11) is 0. The molecule has 3 aliphatic rings. The molecule has 2 atom stereocenters. The van der Waals surface area contributed by atoms with Crippen molar-refractivity contribution in [1.82, 2.24) is 14.9 Å². The first-order valence-electron chi connectivity index (χ1n) is 9.49. The number of aromatic nitrogens is 2. The molecule has 1 saturated heterocycles. The van der Waals surface area contributed by atoms with Gasteiger partial charge in [0.2, 0.25) is 5.91 Å². The van der Waals surface area contributed by atoms with Crippen molar-refractivity contribution in [2.45, 2.75) is 57.3 Å². The van der Waals surface area contributed by atoms with Gasteiger partial charge < -0.3 is 4.90 Å². The van der Waals surface area contributed by atoms with Gasteiger partial charge in [0, 0.05) is 18.5 Å². The summed E-state index contributed by atoms with van der Waals surface area (Å²) in [4.78, 5) is 25.9. The van der Waals surface area contributed by atoms with Crippen LogP contribution in [0.1, 0.15) is 57.8 Å². The van der Waals surface area contributed by atoms with Gasteiger partial charge in [0.05, 0.1) is 27.8 Å². The van der Waals surface area contributed by atoms with Crippen molar-refractivity contribution in [3.63, 3.8) is 0 Å². The van der Waals surface area contributed by atoms with E-state index in [1.54, 1.807) is 0 Å². The topological polar surface area (TPSA) is 46.1 Å².